The molecule has 0 radical (unpaired) electrons. The van der Waals surface area contributed by atoms with Gasteiger partial charge in [-0.3, -0.25) is 14.4 Å². The molecule has 12 heteroatoms. The van der Waals surface area contributed by atoms with Crippen LogP contribution in [-0.2, 0) is 39.4 Å². The second-order valence-corrected chi connectivity index (χ2v) is 19.6. The maximum Gasteiger partial charge on any atom is 0.264 e. The first-order valence-electron chi connectivity index (χ1n) is 17.5. The Morgan fingerprint density at radius 2 is 1.75 bits per heavy atom. The maximum absolute atomic E-state index is 14.9. The number of hydrogen-bond acceptors (Lipinski definition) is 7. The van der Waals surface area contributed by atoms with Gasteiger partial charge >= 0.3 is 0 Å². The van der Waals surface area contributed by atoms with Crippen LogP contribution in [0.3, 0.4) is 0 Å². The van der Waals surface area contributed by atoms with E-state index in [9.17, 15) is 24.3 Å². The topological polar surface area (TPSA) is 145 Å². The highest BCUT2D eigenvalue weighted by molar-refractivity contribution is 9.10. The molecule has 1 fully saturated rings. The van der Waals surface area contributed by atoms with E-state index in [1.807, 2.05) is 80.7 Å². The quantitative estimate of drug-likeness (QED) is 0.128. The Bertz CT molecular complexity index is 2040. The molecular weight excluding hydrogens is 740 g/mol. The van der Waals surface area contributed by atoms with Crippen molar-refractivity contribution in [3.63, 3.8) is 0 Å². The Labute approximate surface area is 312 Å². The smallest absolute Gasteiger partial charge is 0.264 e. The number of benzene rings is 4. The largest absolute Gasteiger partial charge is 0.432 e. The van der Waals surface area contributed by atoms with Gasteiger partial charge in [-0.1, -0.05) is 59.3 Å². The first kappa shape index (κ1) is 36.0. The van der Waals surface area contributed by atoms with Gasteiger partial charge in [-0.2, -0.15) is 0 Å². The molecule has 0 unspecified atom stereocenters. The van der Waals surface area contributed by atoms with Gasteiger partial charge in [0.1, 0.15) is 0 Å². The zero-order valence-electron chi connectivity index (χ0n) is 29.4. The number of rotatable bonds is 8. The van der Waals surface area contributed by atoms with Crippen LogP contribution in [-0.4, -0.2) is 59.6 Å². The van der Waals surface area contributed by atoms with Gasteiger partial charge in [0.05, 0.1) is 37.4 Å². The second-order valence-electron chi connectivity index (χ2n) is 14.7. The number of hydrogen-bond donors (Lipinski definition) is 4. The zero-order valence-corrected chi connectivity index (χ0v) is 32.0. The Balaban J connectivity index is 1.18. The van der Waals surface area contributed by atoms with E-state index in [0.29, 0.717) is 41.2 Å². The molecule has 270 valence electrons. The van der Waals surface area contributed by atoms with Crippen LogP contribution in [0.5, 0.6) is 0 Å². The Kier molecular flexibility index (Phi) is 9.64. The summed E-state index contributed by atoms with van der Waals surface area (Å²) in [7, 11) is -3.03. The number of ether oxygens (including phenoxy) is 1. The van der Waals surface area contributed by atoms with Crippen LogP contribution in [0.1, 0.15) is 46.0 Å². The highest BCUT2D eigenvalue weighted by Crippen LogP contribution is 2.60. The maximum atomic E-state index is 14.9. The molecule has 7 rings (SSSR count). The van der Waals surface area contributed by atoms with E-state index in [2.05, 4.69) is 21.2 Å². The number of carbonyl (C=O) groups excluding carboxylic acids is 3. The van der Waals surface area contributed by atoms with Gasteiger partial charge in [-0.25, -0.2) is 0 Å². The third kappa shape index (κ3) is 6.47. The number of nitrogens with one attached hydrogen (secondary N) is 1. The summed E-state index contributed by atoms with van der Waals surface area (Å²) in [6, 6.07) is 27.3. The molecule has 3 heterocycles. The fourth-order valence-corrected chi connectivity index (χ4v) is 11.4. The van der Waals surface area contributed by atoms with Crippen molar-refractivity contribution in [1.29, 1.82) is 0 Å². The Hall–Kier alpha value is -4.33. The van der Waals surface area contributed by atoms with Crippen molar-refractivity contribution >= 4 is 59.0 Å². The molecule has 0 aliphatic carbocycles. The van der Waals surface area contributed by atoms with Crippen LogP contribution in [0.4, 0.5) is 17.1 Å². The molecular formula is C40H43BrN4O6Si. The number of halogens is 1. The molecule has 4 aromatic carbocycles. The van der Waals surface area contributed by atoms with Crippen molar-refractivity contribution in [2.24, 2.45) is 5.92 Å². The van der Waals surface area contributed by atoms with Crippen molar-refractivity contribution < 1.29 is 29.0 Å². The number of aliphatic hydroxyl groups is 1. The third-order valence-electron chi connectivity index (χ3n) is 10.9. The van der Waals surface area contributed by atoms with Gasteiger partial charge in [0.25, 0.3) is 11.8 Å². The molecule has 10 nitrogen and oxygen atoms in total. The van der Waals surface area contributed by atoms with Gasteiger partial charge in [0.2, 0.25) is 5.91 Å². The van der Waals surface area contributed by atoms with Gasteiger partial charge in [0, 0.05) is 45.0 Å². The van der Waals surface area contributed by atoms with Crippen LogP contribution in [0, 0.1) is 5.92 Å². The molecule has 5 N–H and O–H groups in total. The number of amides is 3. The average molecular weight is 784 g/mol. The lowest BCUT2D eigenvalue weighted by atomic mass is 9.82. The van der Waals surface area contributed by atoms with Crippen LogP contribution in [0.25, 0.3) is 0 Å². The molecule has 1 spiro atoms. The minimum Gasteiger partial charge on any atom is -0.432 e. The van der Waals surface area contributed by atoms with Crippen molar-refractivity contribution in [2.75, 3.05) is 22.6 Å². The predicted molar refractivity (Wildman–Crippen MR) is 206 cm³/mol. The lowest BCUT2D eigenvalue weighted by Crippen LogP contribution is -2.48. The van der Waals surface area contributed by atoms with Crippen molar-refractivity contribution in [3.05, 3.63) is 123 Å². The lowest BCUT2D eigenvalue weighted by Gasteiger charge is -2.37. The number of nitrogen functional groups attached to an aromatic ring is 1. The summed E-state index contributed by atoms with van der Waals surface area (Å²) in [6.07, 6.45) is -0.207. The highest BCUT2D eigenvalue weighted by Gasteiger charge is 2.66. The lowest BCUT2D eigenvalue weighted by molar-refractivity contribution is -0.151. The summed E-state index contributed by atoms with van der Waals surface area (Å²) in [4.78, 5) is 57.2. The molecule has 5 atom stereocenters. The summed E-state index contributed by atoms with van der Waals surface area (Å²) < 4.78 is 7.72. The standard InChI is InChI=1S/C40H43BrN4O6Si/c1-24-37(52(2,3)50)35(20-36(47)44-22-28-9-5-4-8-27(28)18-32(44)23-46)51-40(24)33-19-29(41)13-16-34(33)45(39(40)49)21-25-7-6-10-31(17-25)43-38(48)26-11-14-30(42)15-12-26/h4-17,19,24,32,35,37,46,50H,18,20-23,42H2,1-3H3,(H,43,48)/t24-,32+,35+,37-,40+/m1/s1. The molecule has 3 amide bonds. The van der Waals surface area contributed by atoms with Gasteiger partial charge in [0.15, 0.2) is 13.9 Å². The zero-order chi connectivity index (χ0) is 36.9. The van der Waals surface area contributed by atoms with E-state index in [1.165, 1.54) is 0 Å². The predicted octanol–water partition coefficient (Wildman–Crippen LogP) is 5.96. The number of anilines is 3. The number of aliphatic hydroxyl groups excluding tert-OH is 1. The summed E-state index contributed by atoms with van der Waals surface area (Å²) >= 11 is 3.61. The van der Waals surface area contributed by atoms with Gasteiger partial charge in [-0.15, -0.1) is 0 Å². The molecule has 3 aliphatic rings. The molecule has 0 bridgehead atoms. The van der Waals surface area contributed by atoms with Crippen molar-refractivity contribution in [3.8, 4) is 0 Å². The molecule has 3 aliphatic heterocycles. The second kappa shape index (κ2) is 13.9. The number of nitrogens with zero attached hydrogens (tertiary/aromatic N) is 2. The van der Waals surface area contributed by atoms with E-state index in [0.717, 1.165) is 21.2 Å². The first-order valence-corrected chi connectivity index (χ1v) is 21.4. The van der Waals surface area contributed by atoms with E-state index in [-0.39, 0.29) is 43.3 Å². The minimum absolute atomic E-state index is 0.0290. The number of fused-ring (bicyclic) bond motifs is 3. The van der Waals surface area contributed by atoms with E-state index in [4.69, 9.17) is 10.5 Å². The fraction of sp³-hybridized carbons (Fsp3) is 0.325. The Morgan fingerprint density at radius 3 is 2.46 bits per heavy atom. The molecule has 0 aromatic heterocycles. The molecule has 0 saturated carbocycles. The third-order valence-corrected chi connectivity index (χ3v) is 13.9. The van der Waals surface area contributed by atoms with Crippen molar-refractivity contribution in [1.82, 2.24) is 4.90 Å². The van der Waals surface area contributed by atoms with E-state index >= 15 is 0 Å². The van der Waals surface area contributed by atoms with Crippen LogP contribution >= 0.6 is 15.9 Å². The number of nitrogens with two attached hydrogens (primary N) is 1. The summed E-state index contributed by atoms with van der Waals surface area (Å²) in [5.74, 6) is -1.18. The number of carbonyl (C=O) groups is 3. The SMILES string of the molecule is C[C@@H]1[C@@H]([Si](C)(C)O)[C@H](CC(=O)N2Cc3ccccc3C[C@H]2CO)O[C@@]12C(=O)N(Cc1cccc(NC(=O)c3ccc(N)cc3)c1)c1ccc(Br)cc12. The van der Waals surface area contributed by atoms with Crippen LogP contribution in [0.15, 0.2) is 95.5 Å². The molecule has 1 saturated heterocycles. The van der Waals surface area contributed by atoms with Gasteiger partial charge in [-0.05, 0) is 90.8 Å². The Morgan fingerprint density at radius 1 is 1.02 bits per heavy atom. The highest BCUT2D eigenvalue weighted by atomic mass is 79.9. The summed E-state index contributed by atoms with van der Waals surface area (Å²) in [5.41, 5.74) is 9.85. The minimum atomic E-state index is -3.03. The van der Waals surface area contributed by atoms with Crippen LogP contribution in [0.2, 0.25) is 18.6 Å². The first-order chi connectivity index (χ1) is 24.8. The van der Waals surface area contributed by atoms with E-state index < -0.39 is 31.5 Å². The normalized spacial score (nSPS) is 23.8. The summed E-state index contributed by atoms with van der Waals surface area (Å²) in [6.45, 7) is 6.04. The molecule has 4 aromatic rings. The summed E-state index contributed by atoms with van der Waals surface area (Å²) in [5, 5.41) is 13.2. The van der Waals surface area contributed by atoms with Crippen LogP contribution < -0.4 is 16.0 Å². The average Bonchev–Trinajstić information content (AvgIpc) is 3.53. The van der Waals surface area contributed by atoms with Gasteiger partial charge < -0.3 is 35.5 Å². The van der Waals surface area contributed by atoms with Crippen molar-refractivity contribution in [2.45, 2.75) is 69.2 Å². The monoisotopic (exact) mass is 782 g/mol. The fourth-order valence-electron chi connectivity index (χ4n) is 8.51. The molecule has 52 heavy (non-hydrogen) atoms. The van der Waals surface area contributed by atoms with E-state index in [1.54, 1.807) is 40.1 Å².